The van der Waals surface area contributed by atoms with E-state index in [9.17, 15) is 0 Å². The Morgan fingerprint density at radius 2 is 1.63 bits per heavy atom. The van der Waals surface area contributed by atoms with Crippen molar-refractivity contribution in [2.45, 2.75) is 59.2 Å². The summed E-state index contributed by atoms with van der Waals surface area (Å²) in [6, 6.07) is 11.5. The van der Waals surface area contributed by atoms with Gasteiger partial charge in [-0.25, -0.2) is 0 Å². The Bertz CT molecular complexity index is 346. The lowest BCUT2D eigenvalue weighted by atomic mass is 9.89. The molecule has 0 bridgehead atoms. The quantitative estimate of drug-likeness (QED) is 0.809. The second-order valence-electron chi connectivity index (χ2n) is 6.00. The van der Waals surface area contributed by atoms with E-state index >= 15 is 0 Å². The topological polar surface area (TPSA) is 29.3 Å². The van der Waals surface area contributed by atoms with E-state index in [4.69, 9.17) is 5.73 Å². The van der Waals surface area contributed by atoms with E-state index in [1.807, 2.05) is 6.07 Å². The molecule has 108 valence electrons. The first-order chi connectivity index (χ1) is 8.99. The first-order valence-corrected chi connectivity index (χ1v) is 7.55. The second kappa shape index (κ2) is 7.66. The monoisotopic (exact) mass is 262 g/mol. The van der Waals surface area contributed by atoms with Crippen LogP contribution in [0.5, 0.6) is 0 Å². The van der Waals surface area contributed by atoms with Crippen molar-refractivity contribution in [2.75, 3.05) is 6.54 Å². The van der Waals surface area contributed by atoms with E-state index in [1.54, 1.807) is 0 Å². The lowest BCUT2D eigenvalue weighted by molar-refractivity contribution is 0.0970. The molecule has 2 heteroatoms. The van der Waals surface area contributed by atoms with Crippen molar-refractivity contribution in [3.63, 3.8) is 0 Å². The molecule has 2 unspecified atom stereocenters. The predicted molar refractivity (Wildman–Crippen MR) is 84.1 cm³/mol. The van der Waals surface area contributed by atoms with Gasteiger partial charge in [0.05, 0.1) is 0 Å². The number of hydrogen-bond acceptors (Lipinski definition) is 2. The highest BCUT2D eigenvalue weighted by Crippen LogP contribution is 2.26. The summed E-state index contributed by atoms with van der Waals surface area (Å²) in [5, 5.41) is 0. The van der Waals surface area contributed by atoms with Crippen LogP contribution in [0.3, 0.4) is 0 Å². The SMILES string of the molecule is CCCN(C(C)C)C(C(C)C)C(N)c1ccccc1. The standard InChI is InChI=1S/C17H30N2/c1-6-12-19(14(4)5)17(13(2)3)16(18)15-10-8-7-9-11-15/h7-11,13-14,16-17H,6,12,18H2,1-5H3. The van der Waals surface area contributed by atoms with Gasteiger partial charge in [0.1, 0.15) is 0 Å². The maximum absolute atomic E-state index is 6.57. The predicted octanol–water partition coefficient (Wildman–Crippen LogP) is 3.83. The molecule has 1 aromatic rings. The lowest BCUT2D eigenvalue weighted by Crippen LogP contribution is -2.49. The number of nitrogens with zero attached hydrogens (tertiary/aromatic N) is 1. The fourth-order valence-electron chi connectivity index (χ4n) is 2.89. The molecule has 2 N–H and O–H groups in total. The molecule has 0 saturated heterocycles. The number of hydrogen-bond donors (Lipinski definition) is 1. The van der Waals surface area contributed by atoms with Crippen molar-refractivity contribution in [1.82, 2.24) is 4.90 Å². The van der Waals surface area contributed by atoms with Gasteiger partial charge in [0, 0.05) is 18.1 Å². The smallest absolute Gasteiger partial charge is 0.0455 e. The Morgan fingerprint density at radius 1 is 1.05 bits per heavy atom. The Hall–Kier alpha value is -0.860. The molecule has 19 heavy (non-hydrogen) atoms. The lowest BCUT2D eigenvalue weighted by Gasteiger charge is -2.41. The maximum Gasteiger partial charge on any atom is 0.0455 e. The minimum absolute atomic E-state index is 0.0788. The van der Waals surface area contributed by atoms with Crippen LogP contribution in [0.4, 0.5) is 0 Å². The van der Waals surface area contributed by atoms with Crippen LogP contribution in [0, 0.1) is 5.92 Å². The van der Waals surface area contributed by atoms with Gasteiger partial charge < -0.3 is 5.73 Å². The fourth-order valence-corrected chi connectivity index (χ4v) is 2.89. The molecule has 0 saturated carbocycles. The van der Waals surface area contributed by atoms with Crippen LogP contribution < -0.4 is 5.73 Å². The third-order valence-electron chi connectivity index (χ3n) is 3.76. The highest BCUT2D eigenvalue weighted by atomic mass is 15.2. The Labute approximate surface area is 119 Å². The minimum Gasteiger partial charge on any atom is -0.323 e. The van der Waals surface area contributed by atoms with E-state index in [0.717, 1.165) is 6.54 Å². The van der Waals surface area contributed by atoms with Crippen molar-refractivity contribution in [3.05, 3.63) is 35.9 Å². The van der Waals surface area contributed by atoms with E-state index in [0.29, 0.717) is 18.0 Å². The first-order valence-electron chi connectivity index (χ1n) is 7.55. The van der Waals surface area contributed by atoms with Gasteiger partial charge in [-0.05, 0) is 38.3 Å². The third kappa shape index (κ3) is 4.32. The molecule has 0 fully saturated rings. The van der Waals surface area contributed by atoms with Crippen molar-refractivity contribution in [3.8, 4) is 0 Å². The number of rotatable bonds is 7. The first kappa shape index (κ1) is 16.2. The average molecular weight is 262 g/mol. The second-order valence-corrected chi connectivity index (χ2v) is 6.00. The van der Waals surface area contributed by atoms with E-state index < -0.39 is 0 Å². The molecule has 0 aromatic heterocycles. The van der Waals surface area contributed by atoms with Crippen LogP contribution in [0.25, 0.3) is 0 Å². The molecule has 0 aliphatic rings. The molecule has 2 nitrogen and oxygen atoms in total. The highest BCUT2D eigenvalue weighted by molar-refractivity contribution is 5.20. The molecule has 0 aliphatic heterocycles. The zero-order valence-corrected chi connectivity index (χ0v) is 13.1. The van der Waals surface area contributed by atoms with Gasteiger partial charge in [-0.15, -0.1) is 0 Å². The molecule has 0 amide bonds. The maximum atomic E-state index is 6.57. The van der Waals surface area contributed by atoms with E-state index in [1.165, 1.54) is 12.0 Å². The molecule has 2 atom stereocenters. The molecule has 1 aromatic carbocycles. The highest BCUT2D eigenvalue weighted by Gasteiger charge is 2.29. The molecule has 0 spiro atoms. The summed E-state index contributed by atoms with van der Waals surface area (Å²) in [5.74, 6) is 0.546. The molecule has 0 aliphatic carbocycles. The average Bonchev–Trinajstić information content (AvgIpc) is 2.38. The van der Waals surface area contributed by atoms with Gasteiger partial charge in [0.25, 0.3) is 0 Å². The van der Waals surface area contributed by atoms with Crippen LogP contribution in [-0.2, 0) is 0 Å². The van der Waals surface area contributed by atoms with Crippen LogP contribution in [0.1, 0.15) is 52.6 Å². The van der Waals surface area contributed by atoms with Gasteiger partial charge in [-0.3, -0.25) is 4.90 Å². The fraction of sp³-hybridized carbons (Fsp3) is 0.647. The molecular weight excluding hydrogens is 232 g/mol. The van der Waals surface area contributed by atoms with Gasteiger partial charge in [0.2, 0.25) is 0 Å². The summed E-state index contributed by atoms with van der Waals surface area (Å²) >= 11 is 0. The number of benzene rings is 1. The zero-order chi connectivity index (χ0) is 14.4. The zero-order valence-electron chi connectivity index (χ0n) is 13.1. The van der Waals surface area contributed by atoms with Crippen LogP contribution in [-0.4, -0.2) is 23.5 Å². The van der Waals surface area contributed by atoms with Gasteiger partial charge in [0.15, 0.2) is 0 Å². The van der Waals surface area contributed by atoms with Crippen molar-refractivity contribution in [1.29, 1.82) is 0 Å². The largest absolute Gasteiger partial charge is 0.323 e. The van der Waals surface area contributed by atoms with Crippen LogP contribution in [0.2, 0.25) is 0 Å². The molecule has 0 heterocycles. The van der Waals surface area contributed by atoms with Crippen LogP contribution >= 0.6 is 0 Å². The summed E-state index contributed by atoms with van der Waals surface area (Å²) in [7, 11) is 0. The van der Waals surface area contributed by atoms with E-state index in [-0.39, 0.29) is 6.04 Å². The molecular formula is C17H30N2. The van der Waals surface area contributed by atoms with E-state index in [2.05, 4.69) is 63.8 Å². The van der Waals surface area contributed by atoms with Gasteiger partial charge in [-0.1, -0.05) is 51.1 Å². The van der Waals surface area contributed by atoms with Gasteiger partial charge in [-0.2, -0.15) is 0 Å². The summed E-state index contributed by atoms with van der Waals surface area (Å²) in [4.78, 5) is 2.56. The summed E-state index contributed by atoms with van der Waals surface area (Å²) < 4.78 is 0. The van der Waals surface area contributed by atoms with Crippen molar-refractivity contribution < 1.29 is 0 Å². The molecule has 1 rings (SSSR count). The summed E-state index contributed by atoms with van der Waals surface area (Å²) in [5.41, 5.74) is 7.81. The Morgan fingerprint density at radius 3 is 2.05 bits per heavy atom. The third-order valence-corrected chi connectivity index (χ3v) is 3.76. The van der Waals surface area contributed by atoms with Gasteiger partial charge >= 0.3 is 0 Å². The van der Waals surface area contributed by atoms with Crippen molar-refractivity contribution in [2.24, 2.45) is 11.7 Å². The van der Waals surface area contributed by atoms with Crippen molar-refractivity contribution >= 4 is 0 Å². The summed E-state index contributed by atoms with van der Waals surface area (Å²) in [6.45, 7) is 12.4. The Balaban J connectivity index is 2.99. The molecule has 0 radical (unpaired) electrons. The normalized spacial score (nSPS) is 15.2. The summed E-state index contributed by atoms with van der Waals surface area (Å²) in [6.07, 6.45) is 1.17. The Kier molecular flexibility index (Phi) is 6.53. The van der Waals surface area contributed by atoms with Crippen LogP contribution in [0.15, 0.2) is 30.3 Å². The number of nitrogens with two attached hydrogens (primary N) is 1. The minimum atomic E-state index is 0.0788.